The molecule has 0 fully saturated rings. The fraction of sp³-hybridized carbons (Fsp3) is 0.0500. The molecule has 0 radical (unpaired) electrons. The first-order valence-corrected chi connectivity index (χ1v) is 7.87. The lowest BCUT2D eigenvalue weighted by Gasteiger charge is -2.05. The number of aromatic hydroxyl groups is 2. The molecule has 0 atom stereocenters. The molecule has 0 aliphatic heterocycles. The van der Waals surface area contributed by atoms with Crippen LogP contribution in [0.2, 0.25) is 5.02 Å². The summed E-state index contributed by atoms with van der Waals surface area (Å²) in [5.74, 6) is -0.188. The Labute approximate surface area is 149 Å². The van der Waals surface area contributed by atoms with E-state index in [0.29, 0.717) is 0 Å². The number of rotatable bonds is 4. The molecule has 2 N–H and O–H groups in total. The number of benzene rings is 3. The van der Waals surface area contributed by atoms with E-state index in [9.17, 15) is 15.0 Å². The zero-order chi connectivity index (χ0) is 18.0. The van der Waals surface area contributed by atoms with Gasteiger partial charge in [-0.25, -0.2) is 0 Å². The molecule has 0 amide bonds. The molecule has 0 saturated carbocycles. The number of fused-ring (bicyclic) bond motifs is 1. The topological polar surface area (TPSA) is 66.8 Å². The van der Waals surface area contributed by atoms with Crippen LogP contribution in [0.15, 0.2) is 54.6 Å². The highest BCUT2D eigenvalue weighted by atomic mass is 35.5. The number of hydrogen-bond donors (Lipinski definition) is 2. The van der Waals surface area contributed by atoms with Crippen molar-refractivity contribution < 1.29 is 19.7 Å². The molecule has 0 spiro atoms. The number of carbonyl (C=O) groups excluding carboxylic acids is 1. The molecule has 3 aromatic rings. The highest BCUT2D eigenvalue weighted by Gasteiger charge is 2.13. The van der Waals surface area contributed by atoms with Crippen molar-refractivity contribution in [3.8, 4) is 17.2 Å². The number of hydrogen-bond acceptors (Lipinski definition) is 4. The van der Waals surface area contributed by atoms with Gasteiger partial charge in [0.1, 0.15) is 17.2 Å². The zero-order valence-corrected chi connectivity index (χ0v) is 14.1. The minimum Gasteiger partial charge on any atom is -0.508 e. The van der Waals surface area contributed by atoms with Crippen LogP contribution in [0.3, 0.4) is 0 Å². The standard InChI is InChI=1S/C20H15ClO4/c1-25-16-6-5-13-8-12(2-4-14(13)9-16)3-7-18(23)17-10-15(22)11-19(24)20(17)21/h2-11,22,24H,1H3/b7-3+. The van der Waals surface area contributed by atoms with Crippen LogP contribution in [0.25, 0.3) is 16.8 Å². The summed E-state index contributed by atoms with van der Waals surface area (Å²) in [7, 11) is 1.62. The second-order valence-electron chi connectivity index (χ2n) is 5.50. The van der Waals surface area contributed by atoms with Crippen molar-refractivity contribution in [2.75, 3.05) is 7.11 Å². The van der Waals surface area contributed by atoms with Gasteiger partial charge in [-0.15, -0.1) is 0 Å². The van der Waals surface area contributed by atoms with E-state index in [0.717, 1.165) is 28.2 Å². The van der Waals surface area contributed by atoms with Crippen molar-refractivity contribution >= 4 is 34.2 Å². The van der Waals surface area contributed by atoms with Gasteiger partial charge in [0, 0.05) is 11.6 Å². The summed E-state index contributed by atoms with van der Waals surface area (Å²) in [4.78, 5) is 12.3. The maximum absolute atomic E-state index is 12.3. The lowest BCUT2D eigenvalue weighted by atomic mass is 10.0. The summed E-state index contributed by atoms with van der Waals surface area (Å²) in [6, 6.07) is 13.8. The van der Waals surface area contributed by atoms with Gasteiger partial charge in [0.05, 0.1) is 12.1 Å². The molecule has 3 aromatic carbocycles. The largest absolute Gasteiger partial charge is 0.508 e. The van der Waals surface area contributed by atoms with Gasteiger partial charge in [0.2, 0.25) is 0 Å². The van der Waals surface area contributed by atoms with Crippen LogP contribution in [0, 0.1) is 0 Å². The minimum atomic E-state index is -0.411. The van der Waals surface area contributed by atoms with E-state index >= 15 is 0 Å². The van der Waals surface area contributed by atoms with Gasteiger partial charge in [0.25, 0.3) is 0 Å². The molecule has 0 saturated heterocycles. The van der Waals surface area contributed by atoms with Crippen LogP contribution in [-0.4, -0.2) is 23.1 Å². The number of ether oxygens (including phenoxy) is 1. The summed E-state index contributed by atoms with van der Waals surface area (Å²) in [5, 5.41) is 21.1. The zero-order valence-electron chi connectivity index (χ0n) is 13.4. The van der Waals surface area contributed by atoms with Crippen LogP contribution in [0.1, 0.15) is 15.9 Å². The van der Waals surface area contributed by atoms with E-state index in [1.807, 2.05) is 36.4 Å². The number of halogens is 1. The van der Waals surface area contributed by atoms with Crippen molar-refractivity contribution in [1.82, 2.24) is 0 Å². The first-order chi connectivity index (χ1) is 12.0. The maximum Gasteiger partial charge on any atom is 0.187 e. The molecule has 25 heavy (non-hydrogen) atoms. The molecule has 0 aromatic heterocycles. The summed E-state index contributed by atoms with van der Waals surface area (Å²) in [5.41, 5.74) is 0.882. The third-order valence-corrected chi connectivity index (χ3v) is 4.20. The number of allylic oxidation sites excluding steroid dienone is 1. The van der Waals surface area contributed by atoms with Gasteiger partial charge in [0.15, 0.2) is 5.78 Å². The highest BCUT2D eigenvalue weighted by Crippen LogP contribution is 2.32. The van der Waals surface area contributed by atoms with E-state index in [2.05, 4.69) is 0 Å². The predicted molar refractivity (Wildman–Crippen MR) is 98.6 cm³/mol. The first kappa shape index (κ1) is 16.9. The Morgan fingerprint density at radius 3 is 2.52 bits per heavy atom. The van der Waals surface area contributed by atoms with E-state index in [4.69, 9.17) is 16.3 Å². The van der Waals surface area contributed by atoms with Gasteiger partial charge < -0.3 is 14.9 Å². The molecule has 3 rings (SSSR count). The monoisotopic (exact) mass is 354 g/mol. The Hall–Kier alpha value is -2.98. The first-order valence-electron chi connectivity index (χ1n) is 7.49. The average molecular weight is 355 g/mol. The second kappa shape index (κ2) is 6.87. The fourth-order valence-electron chi connectivity index (χ4n) is 2.51. The predicted octanol–water partition coefficient (Wildman–Crippen LogP) is 4.81. The molecule has 4 nitrogen and oxygen atoms in total. The molecule has 0 unspecified atom stereocenters. The summed E-state index contributed by atoms with van der Waals surface area (Å²) in [6.07, 6.45) is 3.01. The molecule has 0 aliphatic rings. The molecule has 5 heteroatoms. The SMILES string of the molecule is COc1ccc2cc(/C=C/C(=O)c3cc(O)cc(O)c3Cl)ccc2c1. The lowest BCUT2D eigenvalue weighted by Crippen LogP contribution is -1.95. The smallest absolute Gasteiger partial charge is 0.187 e. The molecular weight excluding hydrogens is 340 g/mol. The van der Waals surface area contributed by atoms with Gasteiger partial charge in [-0.3, -0.25) is 4.79 Å². The Balaban J connectivity index is 1.89. The normalized spacial score (nSPS) is 11.1. The van der Waals surface area contributed by atoms with Crippen molar-refractivity contribution in [3.63, 3.8) is 0 Å². The van der Waals surface area contributed by atoms with Crippen LogP contribution in [0.4, 0.5) is 0 Å². The van der Waals surface area contributed by atoms with Gasteiger partial charge in [-0.2, -0.15) is 0 Å². The number of phenols is 2. The van der Waals surface area contributed by atoms with Gasteiger partial charge >= 0.3 is 0 Å². The van der Waals surface area contributed by atoms with E-state index in [1.165, 1.54) is 12.1 Å². The molecule has 0 bridgehead atoms. The second-order valence-corrected chi connectivity index (χ2v) is 5.87. The Morgan fingerprint density at radius 2 is 1.76 bits per heavy atom. The lowest BCUT2D eigenvalue weighted by molar-refractivity contribution is 0.104. The Morgan fingerprint density at radius 1 is 1.04 bits per heavy atom. The number of phenolic OH excluding ortho intramolecular Hbond substituents is 2. The van der Waals surface area contributed by atoms with Crippen molar-refractivity contribution in [1.29, 1.82) is 0 Å². The third-order valence-electron chi connectivity index (χ3n) is 3.80. The fourth-order valence-corrected chi connectivity index (χ4v) is 2.71. The summed E-state index contributed by atoms with van der Waals surface area (Å²) < 4.78 is 5.20. The van der Waals surface area contributed by atoms with Crippen molar-refractivity contribution in [3.05, 3.63) is 70.8 Å². The van der Waals surface area contributed by atoms with Crippen molar-refractivity contribution in [2.24, 2.45) is 0 Å². The maximum atomic E-state index is 12.3. The number of methoxy groups -OCH3 is 1. The van der Waals surface area contributed by atoms with Crippen LogP contribution < -0.4 is 4.74 Å². The molecule has 0 heterocycles. The third kappa shape index (κ3) is 3.59. The molecule has 126 valence electrons. The van der Waals surface area contributed by atoms with Crippen molar-refractivity contribution in [2.45, 2.75) is 0 Å². The number of ketones is 1. The van der Waals surface area contributed by atoms with Crippen LogP contribution in [-0.2, 0) is 0 Å². The quantitative estimate of drug-likeness (QED) is 0.521. The van der Waals surface area contributed by atoms with Crippen LogP contribution >= 0.6 is 11.6 Å². The van der Waals surface area contributed by atoms with E-state index in [-0.39, 0.29) is 22.1 Å². The summed E-state index contributed by atoms with van der Waals surface area (Å²) >= 11 is 5.92. The van der Waals surface area contributed by atoms with Crippen LogP contribution in [0.5, 0.6) is 17.2 Å². The Bertz CT molecular complexity index is 992. The van der Waals surface area contributed by atoms with Gasteiger partial charge in [-0.05, 0) is 46.7 Å². The Kier molecular flexibility index (Phi) is 4.63. The number of carbonyl (C=O) groups is 1. The molecule has 0 aliphatic carbocycles. The van der Waals surface area contributed by atoms with Gasteiger partial charge in [-0.1, -0.05) is 35.9 Å². The highest BCUT2D eigenvalue weighted by molar-refractivity contribution is 6.36. The summed E-state index contributed by atoms with van der Waals surface area (Å²) in [6.45, 7) is 0. The van der Waals surface area contributed by atoms with E-state index in [1.54, 1.807) is 13.2 Å². The molecular formula is C20H15ClO4. The average Bonchev–Trinajstić information content (AvgIpc) is 2.62. The van der Waals surface area contributed by atoms with E-state index < -0.39 is 5.78 Å². The minimum absolute atomic E-state index is 0.0425.